The number of benzene rings is 1. The summed E-state index contributed by atoms with van der Waals surface area (Å²) in [5.41, 5.74) is 16.9. The Hall–Kier alpha value is -2.11. The molecule has 1 aliphatic carbocycles. The average Bonchev–Trinajstić information content (AvgIpc) is 2.78. The predicted molar refractivity (Wildman–Crippen MR) is 78.7 cm³/mol. The molecule has 2 rings (SSSR count). The number of hydrogen-bond donors (Lipinski definition) is 3. The molecule has 1 aromatic carbocycles. The van der Waals surface area contributed by atoms with Gasteiger partial charge in [-0.3, -0.25) is 0 Å². The Labute approximate surface area is 117 Å². The normalized spacial score (nSPS) is 22.8. The van der Waals surface area contributed by atoms with E-state index < -0.39 is 0 Å². The lowest BCUT2D eigenvalue weighted by Gasteiger charge is -2.16. The Morgan fingerprint density at radius 3 is 2.65 bits per heavy atom. The number of rotatable bonds is 3. The first kappa shape index (κ1) is 14.3. The molecule has 0 heterocycles. The first-order valence-electron chi connectivity index (χ1n) is 6.72. The van der Waals surface area contributed by atoms with Gasteiger partial charge in [-0.05, 0) is 36.8 Å². The van der Waals surface area contributed by atoms with Crippen molar-refractivity contribution in [3.05, 3.63) is 35.6 Å². The number of aliphatic imine (C=N–C) groups is 2. The van der Waals surface area contributed by atoms with Crippen molar-refractivity contribution in [2.24, 2.45) is 33.1 Å². The Morgan fingerprint density at radius 2 is 1.95 bits per heavy atom. The highest BCUT2D eigenvalue weighted by Crippen LogP contribution is 2.31. The minimum Gasteiger partial charge on any atom is -0.370 e. The van der Waals surface area contributed by atoms with Crippen LogP contribution in [0.1, 0.15) is 24.8 Å². The van der Waals surface area contributed by atoms with Crippen molar-refractivity contribution in [3.8, 4) is 0 Å². The van der Waals surface area contributed by atoms with E-state index in [0.29, 0.717) is 6.42 Å². The maximum atomic E-state index is 13.7. The number of guanidine groups is 2. The zero-order valence-electron chi connectivity index (χ0n) is 11.3. The smallest absolute Gasteiger partial charge is 0.218 e. The highest BCUT2D eigenvalue weighted by molar-refractivity contribution is 5.92. The molecule has 2 unspecified atom stereocenters. The van der Waals surface area contributed by atoms with Gasteiger partial charge < -0.3 is 17.2 Å². The van der Waals surface area contributed by atoms with Crippen LogP contribution in [0.3, 0.4) is 0 Å². The molecule has 0 bridgehead atoms. The third-order valence-electron chi connectivity index (χ3n) is 3.60. The summed E-state index contributed by atoms with van der Waals surface area (Å²) >= 11 is 0. The Bertz CT molecular complexity index is 522. The van der Waals surface area contributed by atoms with Crippen molar-refractivity contribution in [1.29, 1.82) is 0 Å². The highest BCUT2D eigenvalue weighted by Gasteiger charge is 2.28. The Kier molecular flexibility index (Phi) is 4.55. The van der Waals surface area contributed by atoms with Crippen molar-refractivity contribution in [2.45, 2.75) is 31.7 Å². The molecular formula is C14H20FN5. The monoisotopic (exact) mass is 277 g/mol. The third-order valence-corrected chi connectivity index (χ3v) is 3.60. The standard InChI is InChI=1S/C14H20FN5/c15-11-6-2-1-4-9(11)8-10-5-3-7-12(10)19-14(18)20-13(16)17/h1-2,4,6,10,12H,3,5,7-8H2,(H6,16,17,18,19,20). The lowest BCUT2D eigenvalue weighted by molar-refractivity contribution is 0.468. The largest absolute Gasteiger partial charge is 0.370 e. The zero-order valence-corrected chi connectivity index (χ0v) is 11.3. The molecule has 1 saturated carbocycles. The van der Waals surface area contributed by atoms with Crippen LogP contribution in [-0.2, 0) is 6.42 Å². The van der Waals surface area contributed by atoms with Crippen LogP contribution in [0, 0.1) is 11.7 Å². The summed E-state index contributed by atoms with van der Waals surface area (Å²) in [6.45, 7) is 0. The van der Waals surface area contributed by atoms with Crippen molar-refractivity contribution >= 4 is 11.9 Å². The molecule has 1 fully saturated rings. The SMILES string of the molecule is NC(N)=NC(N)=NC1CCCC1Cc1ccccc1F. The van der Waals surface area contributed by atoms with Crippen LogP contribution < -0.4 is 17.2 Å². The van der Waals surface area contributed by atoms with E-state index in [1.807, 2.05) is 12.1 Å². The summed E-state index contributed by atoms with van der Waals surface area (Å²) in [5.74, 6) is 0.101. The molecule has 5 nitrogen and oxygen atoms in total. The average molecular weight is 277 g/mol. The van der Waals surface area contributed by atoms with Crippen molar-refractivity contribution < 1.29 is 4.39 Å². The topological polar surface area (TPSA) is 103 Å². The minimum atomic E-state index is -0.167. The van der Waals surface area contributed by atoms with E-state index in [2.05, 4.69) is 9.98 Å². The molecule has 108 valence electrons. The van der Waals surface area contributed by atoms with Gasteiger partial charge in [-0.25, -0.2) is 9.38 Å². The predicted octanol–water partition coefficient (Wildman–Crippen LogP) is 1.13. The second-order valence-electron chi connectivity index (χ2n) is 5.08. The quantitative estimate of drug-likeness (QED) is 0.570. The van der Waals surface area contributed by atoms with Gasteiger partial charge in [0.25, 0.3) is 0 Å². The lowest BCUT2D eigenvalue weighted by Crippen LogP contribution is -2.27. The number of nitrogens with zero attached hydrogens (tertiary/aromatic N) is 2. The number of nitrogens with two attached hydrogens (primary N) is 3. The van der Waals surface area contributed by atoms with E-state index in [4.69, 9.17) is 17.2 Å². The molecule has 6 heteroatoms. The van der Waals surface area contributed by atoms with Crippen LogP contribution >= 0.6 is 0 Å². The van der Waals surface area contributed by atoms with Gasteiger partial charge in [0.15, 0.2) is 5.96 Å². The van der Waals surface area contributed by atoms with Crippen molar-refractivity contribution in [3.63, 3.8) is 0 Å². The zero-order chi connectivity index (χ0) is 14.5. The first-order valence-corrected chi connectivity index (χ1v) is 6.72. The number of hydrogen-bond acceptors (Lipinski definition) is 1. The first-order chi connectivity index (χ1) is 9.56. The van der Waals surface area contributed by atoms with Crippen LogP contribution in [0.2, 0.25) is 0 Å². The molecule has 0 spiro atoms. The molecule has 6 N–H and O–H groups in total. The van der Waals surface area contributed by atoms with Crippen LogP contribution in [0.15, 0.2) is 34.3 Å². The summed E-state index contributed by atoms with van der Waals surface area (Å²) in [6.07, 6.45) is 3.66. The van der Waals surface area contributed by atoms with E-state index in [-0.39, 0.29) is 29.7 Å². The van der Waals surface area contributed by atoms with E-state index in [0.717, 1.165) is 24.8 Å². The van der Waals surface area contributed by atoms with Gasteiger partial charge in [-0.2, -0.15) is 4.99 Å². The Morgan fingerprint density at radius 1 is 1.20 bits per heavy atom. The summed E-state index contributed by atoms with van der Waals surface area (Å²) in [7, 11) is 0. The molecule has 0 aromatic heterocycles. The molecule has 0 amide bonds. The summed E-state index contributed by atoms with van der Waals surface area (Å²) in [6, 6.07) is 6.89. The van der Waals surface area contributed by atoms with Gasteiger partial charge in [0, 0.05) is 0 Å². The number of halogens is 1. The molecular weight excluding hydrogens is 257 g/mol. The van der Waals surface area contributed by atoms with Gasteiger partial charge in [0.05, 0.1) is 6.04 Å². The fourth-order valence-corrected chi connectivity index (χ4v) is 2.70. The van der Waals surface area contributed by atoms with E-state index >= 15 is 0 Å². The molecule has 2 atom stereocenters. The lowest BCUT2D eigenvalue weighted by atomic mass is 9.94. The highest BCUT2D eigenvalue weighted by atomic mass is 19.1. The van der Waals surface area contributed by atoms with Gasteiger partial charge in [0.2, 0.25) is 5.96 Å². The van der Waals surface area contributed by atoms with Gasteiger partial charge >= 0.3 is 0 Å². The molecule has 1 aromatic rings. The molecule has 0 aliphatic heterocycles. The van der Waals surface area contributed by atoms with E-state index in [9.17, 15) is 4.39 Å². The molecule has 20 heavy (non-hydrogen) atoms. The third kappa shape index (κ3) is 3.69. The van der Waals surface area contributed by atoms with E-state index in [1.165, 1.54) is 6.07 Å². The van der Waals surface area contributed by atoms with Gasteiger partial charge in [-0.15, -0.1) is 0 Å². The fraction of sp³-hybridized carbons (Fsp3) is 0.429. The van der Waals surface area contributed by atoms with Crippen LogP contribution in [-0.4, -0.2) is 18.0 Å². The van der Waals surface area contributed by atoms with Crippen molar-refractivity contribution in [1.82, 2.24) is 0 Å². The fourth-order valence-electron chi connectivity index (χ4n) is 2.70. The maximum Gasteiger partial charge on any atom is 0.218 e. The Balaban J connectivity index is 2.08. The molecule has 0 saturated heterocycles. The van der Waals surface area contributed by atoms with Crippen LogP contribution in [0.4, 0.5) is 4.39 Å². The molecule has 0 radical (unpaired) electrons. The van der Waals surface area contributed by atoms with Crippen LogP contribution in [0.25, 0.3) is 0 Å². The van der Waals surface area contributed by atoms with Gasteiger partial charge in [-0.1, -0.05) is 24.6 Å². The van der Waals surface area contributed by atoms with Gasteiger partial charge in [0.1, 0.15) is 5.82 Å². The van der Waals surface area contributed by atoms with E-state index in [1.54, 1.807) is 6.07 Å². The summed E-state index contributed by atoms with van der Waals surface area (Å²) in [4.78, 5) is 8.07. The minimum absolute atomic E-state index is 0.0534. The maximum absolute atomic E-state index is 13.7. The summed E-state index contributed by atoms with van der Waals surface area (Å²) < 4.78 is 13.7. The van der Waals surface area contributed by atoms with Crippen LogP contribution in [0.5, 0.6) is 0 Å². The van der Waals surface area contributed by atoms with Crippen molar-refractivity contribution in [2.75, 3.05) is 0 Å². The second kappa shape index (κ2) is 6.36. The second-order valence-corrected chi connectivity index (χ2v) is 5.08. The summed E-state index contributed by atoms with van der Waals surface area (Å²) in [5, 5.41) is 0. The molecule has 1 aliphatic rings.